The number of rotatable bonds is 20. The molecular formula is C70H46N6O16. The van der Waals surface area contributed by atoms with Crippen LogP contribution in [0.5, 0.6) is 46.0 Å². The summed E-state index contributed by atoms with van der Waals surface area (Å²) >= 11 is 0. The van der Waals surface area contributed by atoms with Crippen molar-refractivity contribution in [1.29, 1.82) is 10.5 Å². The maximum absolute atomic E-state index is 15.6. The summed E-state index contributed by atoms with van der Waals surface area (Å²) in [4.78, 5) is 123. The second kappa shape index (κ2) is 24.7. The van der Waals surface area contributed by atoms with E-state index in [4.69, 9.17) is 51.0 Å². The third-order valence-electron chi connectivity index (χ3n) is 15.0. The predicted octanol–water partition coefficient (Wildman–Crippen LogP) is 13.0. The summed E-state index contributed by atoms with van der Waals surface area (Å²) < 4.78 is 48.6. The molecule has 22 heteroatoms. The Labute approximate surface area is 522 Å². The van der Waals surface area contributed by atoms with Crippen molar-refractivity contribution in [2.24, 2.45) is 0 Å². The van der Waals surface area contributed by atoms with Crippen LogP contribution in [0.4, 0.5) is 11.4 Å². The lowest BCUT2D eigenvalue weighted by atomic mass is 9.80. The van der Waals surface area contributed by atoms with E-state index in [2.05, 4.69) is 35.0 Å². The summed E-state index contributed by atoms with van der Waals surface area (Å²) in [7, 11) is 0. The highest BCUT2D eigenvalue weighted by Crippen LogP contribution is 2.58. The molecule has 9 aromatic carbocycles. The SMILES string of the molecule is [C-]#[N+]c1ccc(Oc2cc3c4c(cc(Oc5ccc(C#N)cc5)c5c6c(Oc7ccc(C#N)cc7)cc7c8c(cc(Oc9ccc([N+]#[C-])cc9)c(c2c45)c86)C(=O)N(C(C)C(=O)OCCOC(=O)C(=C)C)C7=O)C(=O)N(C(C)C(=O)OCCOC(=O)C(=C)C)C3=O)cc1. The molecule has 0 N–H and O–H groups in total. The molecular weight excluding hydrogens is 1180 g/mol. The number of imide groups is 2. The van der Waals surface area contributed by atoms with Crippen molar-refractivity contribution in [2.45, 2.75) is 39.8 Å². The molecule has 0 aromatic heterocycles. The van der Waals surface area contributed by atoms with Gasteiger partial charge in [0, 0.05) is 54.2 Å². The molecule has 0 saturated carbocycles. The third kappa shape index (κ3) is 11.0. The number of fused-ring (bicyclic) bond motifs is 2. The van der Waals surface area contributed by atoms with Gasteiger partial charge in [-0.2, -0.15) is 10.5 Å². The van der Waals surface area contributed by atoms with Crippen LogP contribution in [-0.2, 0) is 38.1 Å². The number of nitrogens with zero attached hydrogens (tertiary/aromatic N) is 6. The second-order valence-electron chi connectivity index (χ2n) is 21.1. The molecule has 2 aliphatic rings. The Morgan fingerprint density at radius 1 is 0.435 bits per heavy atom. The molecule has 2 unspecified atom stereocenters. The van der Waals surface area contributed by atoms with Crippen molar-refractivity contribution in [2.75, 3.05) is 26.4 Å². The van der Waals surface area contributed by atoms with Gasteiger partial charge in [-0.05, 0) is 125 Å². The molecule has 92 heavy (non-hydrogen) atoms. The molecule has 9 aromatic rings. The van der Waals surface area contributed by atoms with Crippen LogP contribution >= 0.6 is 0 Å². The summed E-state index contributed by atoms with van der Waals surface area (Å²) in [5.41, 5.74) is 0.346. The summed E-state index contributed by atoms with van der Waals surface area (Å²) in [5, 5.41) is 20.0. The van der Waals surface area contributed by atoms with Crippen molar-refractivity contribution in [3.63, 3.8) is 0 Å². The van der Waals surface area contributed by atoms with Crippen molar-refractivity contribution in [3.05, 3.63) is 202 Å². The summed E-state index contributed by atoms with van der Waals surface area (Å²) in [6.45, 7) is 26.2. The molecule has 4 amide bonds. The van der Waals surface area contributed by atoms with E-state index < -0.39 is 72.8 Å². The standard InChI is InChI=1S/C70H46N6O16/c1-35(2)67(81)85-25-27-87-69(83)37(5)75-63(77)47-29-51(89-43-17-9-39(33-71)10-18-43)57-58-52(90-44-19-11-40(34-72)12-20-44)30-48-56-50(66(80)76(64(48)78)38(6)70(84)88-28-26-86-68(82)36(3)4)32-54(92-46-23-15-42(74-8)16-24-46)60(62(56)58)59-53(31-49(65(75)79)55(47)61(57)59)91-45-21-13-41(73-7)14-22-45/h9-24,29-32,37-38H,1,3,25-28H2,2,4-6H3. The normalized spacial score (nSPS) is 12.9. The highest BCUT2D eigenvalue weighted by Gasteiger charge is 2.45. The molecule has 0 aliphatic carbocycles. The number of carbonyl (C=O) groups excluding carboxylic acids is 8. The van der Waals surface area contributed by atoms with Crippen LogP contribution in [0.15, 0.2) is 146 Å². The minimum Gasteiger partial charge on any atom is -0.461 e. The van der Waals surface area contributed by atoms with E-state index in [1.807, 2.05) is 0 Å². The highest BCUT2D eigenvalue weighted by molar-refractivity contribution is 6.45. The maximum Gasteiger partial charge on any atom is 0.333 e. The Hall–Kier alpha value is -12.9. The van der Waals surface area contributed by atoms with Crippen molar-refractivity contribution in [3.8, 4) is 58.1 Å². The molecule has 0 spiro atoms. The Morgan fingerprint density at radius 3 is 0.946 bits per heavy atom. The third-order valence-corrected chi connectivity index (χ3v) is 15.0. The van der Waals surface area contributed by atoms with Crippen LogP contribution in [0, 0.1) is 35.8 Å². The first-order valence-corrected chi connectivity index (χ1v) is 28.0. The first-order valence-electron chi connectivity index (χ1n) is 28.0. The van der Waals surface area contributed by atoms with Gasteiger partial charge in [-0.25, -0.2) is 28.9 Å². The van der Waals surface area contributed by atoms with E-state index in [1.54, 1.807) is 0 Å². The first-order chi connectivity index (χ1) is 44.2. The van der Waals surface area contributed by atoms with Gasteiger partial charge in [-0.1, -0.05) is 37.4 Å². The van der Waals surface area contributed by atoms with Crippen molar-refractivity contribution >= 4 is 102 Å². The Kier molecular flexibility index (Phi) is 16.3. The van der Waals surface area contributed by atoms with Gasteiger partial charge in [0.05, 0.1) is 58.7 Å². The van der Waals surface area contributed by atoms with E-state index in [9.17, 15) is 29.7 Å². The molecule has 452 valence electrons. The van der Waals surface area contributed by atoms with Gasteiger partial charge >= 0.3 is 23.9 Å². The molecule has 2 atom stereocenters. The van der Waals surface area contributed by atoms with Crippen LogP contribution in [0.25, 0.3) is 52.8 Å². The van der Waals surface area contributed by atoms with Crippen LogP contribution in [-0.4, -0.2) is 95.8 Å². The lowest BCUT2D eigenvalue weighted by Crippen LogP contribution is -2.50. The Morgan fingerprint density at radius 2 is 0.696 bits per heavy atom. The van der Waals surface area contributed by atoms with E-state index in [-0.39, 0.29) is 158 Å². The quantitative estimate of drug-likeness (QED) is 0.0100. The van der Waals surface area contributed by atoms with Crippen LogP contribution in [0.2, 0.25) is 0 Å². The number of benzene rings is 9. The summed E-state index contributed by atoms with van der Waals surface area (Å²) in [5.74, 6) is -7.78. The smallest absolute Gasteiger partial charge is 0.333 e. The van der Waals surface area contributed by atoms with Crippen molar-refractivity contribution < 1.29 is 76.3 Å². The fraction of sp³-hybridized carbons (Fsp3) is 0.143. The summed E-state index contributed by atoms with van der Waals surface area (Å²) in [6, 6.07) is 30.0. The van der Waals surface area contributed by atoms with Gasteiger partial charge in [0.2, 0.25) is 0 Å². The largest absolute Gasteiger partial charge is 0.461 e. The molecule has 0 fully saturated rings. The molecule has 0 saturated heterocycles. The number of hydrogen-bond donors (Lipinski definition) is 0. The zero-order valence-corrected chi connectivity index (χ0v) is 49.2. The van der Waals surface area contributed by atoms with E-state index in [0.29, 0.717) is 9.80 Å². The van der Waals surface area contributed by atoms with Crippen LogP contribution in [0.1, 0.15) is 80.3 Å². The Balaban J connectivity index is 1.26. The highest BCUT2D eigenvalue weighted by atomic mass is 16.6. The van der Waals surface area contributed by atoms with Gasteiger partial charge in [0.15, 0.2) is 11.4 Å². The van der Waals surface area contributed by atoms with Crippen LogP contribution in [0.3, 0.4) is 0 Å². The van der Waals surface area contributed by atoms with E-state index >= 15 is 19.2 Å². The molecule has 2 heterocycles. The molecule has 0 bridgehead atoms. The number of amides is 4. The first kappa shape index (κ1) is 60.8. The van der Waals surface area contributed by atoms with Gasteiger partial charge in [-0.3, -0.25) is 29.0 Å². The van der Waals surface area contributed by atoms with E-state index in [0.717, 1.165) is 0 Å². The number of nitriles is 2. The molecule has 0 radical (unpaired) electrons. The average molecular weight is 1230 g/mol. The monoisotopic (exact) mass is 1230 g/mol. The van der Waals surface area contributed by atoms with E-state index in [1.165, 1.54) is 149 Å². The maximum atomic E-state index is 15.6. The minimum atomic E-state index is -1.64. The molecule has 11 rings (SSSR count). The van der Waals surface area contributed by atoms with Gasteiger partial charge < -0.3 is 37.9 Å². The minimum absolute atomic E-state index is 0.0211. The van der Waals surface area contributed by atoms with Gasteiger partial charge in [0.1, 0.15) is 84.5 Å². The van der Waals surface area contributed by atoms with Crippen LogP contribution < -0.4 is 18.9 Å². The number of esters is 4. The average Bonchev–Trinajstić information content (AvgIpc) is 0.673. The van der Waals surface area contributed by atoms with Gasteiger partial charge in [0.25, 0.3) is 23.6 Å². The van der Waals surface area contributed by atoms with Gasteiger partial charge in [-0.15, -0.1) is 0 Å². The fourth-order valence-electron chi connectivity index (χ4n) is 10.7. The predicted molar refractivity (Wildman–Crippen MR) is 329 cm³/mol. The fourth-order valence-corrected chi connectivity index (χ4v) is 10.7. The second-order valence-corrected chi connectivity index (χ2v) is 21.1. The van der Waals surface area contributed by atoms with Crippen molar-refractivity contribution in [1.82, 2.24) is 9.80 Å². The molecule has 2 aliphatic heterocycles. The lowest BCUT2D eigenvalue weighted by Gasteiger charge is -2.34. The number of ether oxygens (including phenoxy) is 8. The Bertz CT molecular complexity index is 4340. The number of hydrogen-bond acceptors (Lipinski definition) is 18. The molecule has 22 nitrogen and oxygen atoms in total. The summed E-state index contributed by atoms with van der Waals surface area (Å²) in [6.07, 6.45) is 0. The number of carbonyl (C=O) groups is 8. The topological polar surface area (TPSA) is 273 Å². The zero-order chi connectivity index (χ0) is 65.4. The zero-order valence-electron chi connectivity index (χ0n) is 49.2. The lowest BCUT2D eigenvalue weighted by molar-refractivity contribution is -0.153.